The van der Waals surface area contributed by atoms with Crippen LogP contribution in [0.3, 0.4) is 0 Å². The van der Waals surface area contributed by atoms with Crippen LogP contribution in [0.25, 0.3) is 11.1 Å². The summed E-state index contributed by atoms with van der Waals surface area (Å²) in [6.07, 6.45) is 2.27. The van der Waals surface area contributed by atoms with Gasteiger partial charge in [-0.3, -0.25) is 14.4 Å². The molecule has 2 aromatic carbocycles. The number of hydrogen-bond acceptors (Lipinski definition) is 4. The Kier molecular flexibility index (Phi) is 7.33. The maximum absolute atomic E-state index is 14.6. The fraction of sp³-hybridized carbons (Fsp3) is 0.375. The average Bonchev–Trinajstić information content (AvgIpc) is 2.79. The van der Waals surface area contributed by atoms with Crippen molar-refractivity contribution in [2.75, 3.05) is 20.2 Å². The number of esters is 1. The number of piperidine rings is 1. The fourth-order valence-electron chi connectivity index (χ4n) is 3.82. The molecular weight excluding hydrogens is 385 g/mol. The van der Waals surface area contributed by atoms with Gasteiger partial charge < -0.3 is 9.64 Å². The lowest BCUT2D eigenvalue weighted by Crippen LogP contribution is -2.42. The van der Waals surface area contributed by atoms with Crippen LogP contribution in [0.5, 0.6) is 0 Å². The first-order valence-corrected chi connectivity index (χ1v) is 10.2. The maximum Gasteiger partial charge on any atom is 0.305 e. The van der Waals surface area contributed by atoms with E-state index in [4.69, 9.17) is 0 Å². The number of ether oxygens (including phenoxy) is 1. The first-order valence-electron chi connectivity index (χ1n) is 10.2. The Labute approximate surface area is 175 Å². The van der Waals surface area contributed by atoms with Gasteiger partial charge in [-0.25, -0.2) is 4.39 Å². The number of carbonyl (C=O) groups excluding carboxylic acids is 3. The highest BCUT2D eigenvalue weighted by Gasteiger charge is 2.29. The Morgan fingerprint density at radius 1 is 1.10 bits per heavy atom. The van der Waals surface area contributed by atoms with Gasteiger partial charge in [0.25, 0.3) is 0 Å². The highest BCUT2D eigenvalue weighted by atomic mass is 19.1. The van der Waals surface area contributed by atoms with Crippen molar-refractivity contribution >= 4 is 17.7 Å². The molecule has 1 amide bonds. The van der Waals surface area contributed by atoms with Crippen molar-refractivity contribution in [3.05, 3.63) is 59.9 Å². The average molecular weight is 411 g/mol. The van der Waals surface area contributed by atoms with Gasteiger partial charge in [0, 0.05) is 43.0 Å². The van der Waals surface area contributed by atoms with Crippen LogP contribution >= 0.6 is 0 Å². The van der Waals surface area contributed by atoms with Gasteiger partial charge in [-0.2, -0.15) is 0 Å². The molecule has 30 heavy (non-hydrogen) atoms. The van der Waals surface area contributed by atoms with E-state index in [0.29, 0.717) is 37.1 Å². The van der Waals surface area contributed by atoms with E-state index in [2.05, 4.69) is 4.74 Å². The summed E-state index contributed by atoms with van der Waals surface area (Å²) in [4.78, 5) is 38.2. The van der Waals surface area contributed by atoms with Crippen LogP contribution in [0.15, 0.2) is 48.5 Å². The van der Waals surface area contributed by atoms with Crippen molar-refractivity contribution in [3.8, 4) is 11.1 Å². The first kappa shape index (κ1) is 21.7. The van der Waals surface area contributed by atoms with Crippen LogP contribution < -0.4 is 0 Å². The number of methoxy groups -OCH3 is 1. The zero-order valence-corrected chi connectivity index (χ0v) is 17.1. The van der Waals surface area contributed by atoms with Crippen molar-refractivity contribution in [1.29, 1.82) is 0 Å². The minimum Gasteiger partial charge on any atom is -0.469 e. The molecule has 0 saturated carbocycles. The molecule has 0 aromatic heterocycles. The third-order valence-electron chi connectivity index (χ3n) is 5.48. The molecule has 0 aliphatic carbocycles. The summed E-state index contributed by atoms with van der Waals surface area (Å²) in [6.45, 7) is 0.931. The minimum absolute atomic E-state index is 0.0676. The van der Waals surface area contributed by atoms with E-state index < -0.39 is 5.82 Å². The van der Waals surface area contributed by atoms with E-state index >= 15 is 0 Å². The predicted molar refractivity (Wildman–Crippen MR) is 111 cm³/mol. The van der Waals surface area contributed by atoms with E-state index in [0.717, 1.165) is 12.0 Å². The Hall–Kier alpha value is -3.02. The smallest absolute Gasteiger partial charge is 0.305 e. The SMILES string of the molecule is COC(=O)CCCC(=O)N1CCC[C@H](C(=O)c2ccc(-c3ccccc3)c(F)c2)C1. The number of nitrogens with zero attached hydrogens (tertiary/aromatic N) is 1. The summed E-state index contributed by atoms with van der Waals surface area (Å²) in [6, 6.07) is 13.8. The molecule has 0 bridgehead atoms. The number of ketones is 1. The van der Waals surface area contributed by atoms with Gasteiger partial charge in [-0.15, -0.1) is 0 Å². The summed E-state index contributed by atoms with van der Waals surface area (Å²) in [7, 11) is 1.32. The maximum atomic E-state index is 14.6. The topological polar surface area (TPSA) is 63.7 Å². The molecular formula is C24H26FNO4. The molecule has 5 nitrogen and oxygen atoms in total. The van der Waals surface area contributed by atoms with Crippen LogP contribution in [-0.4, -0.2) is 42.8 Å². The molecule has 2 aromatic rings. The molecule has 1 heterocycles. The second kappa shape index (κ2) is 10.1. The van der Waals surface area contributed by atoms with Crippen molar-refractivity contribution in [1.82, 2.24) is 4.90 Å². The lowest BCUT2D eigenvalue weighted by Gasteiger charge is -2.32. The van der Waals surface area contributed by atoms with Gasteiger partial charge >= 0.3 is 5.97 Å². The minimum atomic E-state index is -0.432. The zero-order chi connectivity index (χ0) is 21.5. The highest BCUT2D eigenvalue weighted by molar-refractivity contribution is 5.98. The molecule has 1 atom stereocenters. The Morgan fingerprint density at radius 2 is 1.87 bits per heavy atom. The summed E-state index contributed by atoms with van der Waals surface area (Å²) < 4.78 is 19.2. The quantitative estimate of drug-likeness (QED) is 0.505. The molecule has 1 saturated heterocycles. The van der Waals surface area contributed by atoms with E-state index in [9.17, 15) is 18.8 Å². The molecule has 158 valence electrons. The van der Waals surface area contributed by atoms with E-state index in [1.54, 1.807) is 17.0 Å². The summed E-state index contributed by atoms with van der Waals surface area (Å²) in [5, 5.41) is 0. The Balaban J connectivity index is 1.63. The lowest BCUT2D eigenvalue weighted by atomic mass is 9.89. The van der Waals surface area contributed by atoms with Crippen molar-refractivity contribution in [2.24, 2.45) is 5.92 Å². The van der Waals surface area contributed by atoms with Crippen LogP contribution in [0.2, 0.25) is 0 Å². The largest absolute Gasteiger partial charge is 0.469 e. The summed E-state index contributed by atoms with van der Waals surface area (Å²) >= 11 is 0. The number of hydrogen-bond donors (Lipinski definition) is 0. The number of Topliss-reactive ketones (excluding diaryl/α,β-unsaturated/α-hetero) is 1. The molecule has 6 heteroatoms. The van der Waals surface area contributed by atoms with Crippen molar-refractivity contribution < 1.29 is 23.5 Å². The van der Waals surface area contributed by atoms with Gasteiger partial charge in [0.05, 0.1) is 7.11 Å². The normalized spacial score (nSPS) is 16.2. The molecule has 1 aliphatic heterocycles. The van der Waals surface area contributed by atoms with Gasteiger partial charge in [0.2, 0.25) is 5.91 Å². The number of amides is 1. The molecule has 1 fully saturated rings. The van der Waals surface area contributed by atoms with Crippen LogP contribution in [-0.2, 0) is 14.3 Å². The first-order chi connectivity index (χ1) is 14.5. The van der Waals surface area contributed by atoms with Crippen molar-refractivity contribution in [3.63, 3.8) is 0 Å². The zero-order valence-electron chi connectivity index (χ0n) is 17.1. The van der Waals surface area contributed by atoms with Gasteiger partial charge in [0.15, 0.2) is 5.78 Å². The number of likely N-dealkylation sites (tertiary alicyclic amines) is 1. The lowest BCUT2D eigenvalue weighted by molar-refractivity contribution is -0.141. The monoisotopic (exact) mass is 411 g/mol. The number of rotatable bonds is 7. The fourth-order valence-corrected chi connectivity index (χ4v) is 3.82. The number of carbonyl (C=O) groups is 3. The molecule has 0 N–H and O–H groups in total. The Morgan fingerprint density at radius 3 is 2.57 bits per heavy atom. The second-order valence-corrected chi connectivity index (χ2v) is 7.53. The standard InChI is InChI=1S/C24H26FNO4/c1-30-23(28)11-5-10-22(27)26-14-6-9-19(16-26)24(29)18-12-13-20(21(25)15-18)17-7-3-2-4-8-17/h2-4,7-8,12-13,15,19H,5-6,9-11,14,16H2,1H3/t19-/m0/s1. The van der Waals surface area contributed by atoms with E-state index in [1.165, 1.54) is 13.2 Å². The second-order valence-electron chi connectivity index (χ2n) is 7.53. The Bertz CT molecular complexity index is 913. The molecule has 1 aliphatic rings. The van der Waals surface area contributed by atoms with Crippen LogP contribution in [0.4, 0.5) is 4.39 Å². The van der Waals surface area contributed by atoms with Crippen LogP contribution in [0.1, 0.15) is 42.5 Å². The summed E-state index contributed by atoms with van der Waals surface area (Å²) in [5.41, 5.74) is 1.55. The molecule has 0 unspecified atom stereocenters. The third kappa shape index (κ3) is 5.32. The molecule has 3 rings (SSSR count). The highest BCUT2D eigenvalue weighted by Crippen LogP contribution is 2.26. The number of halogens is 1. The van der Waals surface area contributed by atoms with E-state index in [-0.39, 0.29) is 36.4 Å². The molecule has 0 radical (unpaired) electrons. The van der Waals surface area contributed by atoms with Crippen LogP contribution in [0, 0.1) is 11.7 Å². The van der Waals surface area contributed by atoms with Gasteiger partial charge in [0.1, 0.15) is 5.82 Å². The van der Waals surface area contributed by atoms with E-state index in [1.807, 2.05) is 30.3 Å². The number of benzene rings is 2. The summed E-state index contributed by atoms with van der Waals surface area (Å²) in [5.74, 6) is -1.32. The van der Waals surface area contributed by atoms with Crippen molar-refractivity contribution in [2.45, 2.75) is 32.1 Å². The van der Waals surface area contributed by atoms with Gasteiger partial charge in [-0.1, -0.05) is 42.5 Å². The predicted octanol–water partition coefficient (Wildman–Crippen LogP) is 4.26. The third-order valence-corrected chi connectivity index (χ3v) is 5.48. The van der Waals surface area contributed by atoms with Gasteiger partial charge in [-0.05, 0) is 30.9 Å². The molecule has 0 spiro atoms.